The molecule has 182 valence electrons. The summed E-state index contributed by atoms with van der Waals surface area (Å²) in [5.74, 6) is 1.99. The number of piperazine rings is 1. The lowest BCUT2D eigenvalue weighted by atomic mass is 10.1. The minimum atomic E-state index is -0.504. The Hall–Kier alpha value is -4.33. The molecule has 0 unspecified atom stereocenters. The molecule has 0 bridgehead atoms. The number of ether oxygens (including phenoxy) is 2. The summed E-state index contributed by atoms with van der Waals surface area (Å²) in [4.78, 5) is 27.7. The number of nitrogens with zero attached hydrogens (tertiary/aromatic N) is 6. The van der Waals surface area contributed by atoms with Gasteiger partial charge in [0.15, 0.2) is 17.8 Å². The van der Waals surface area contributed by atoms with E-state index in [9.17, 15) is 4.79 Å². The molecule has 3 aromatic rings. The highest BCUT2D eigenvalue weighted by Gasteiger charge is 2.26. The Kier molecular flexibility index (Phi) is 6.73. The number of rotatable bonds is 5. The summed E-state index contributed by atoms with van der Waals surface area (Å²) in [6.45, 7) is 15.2. The van der Waals surface area contributed by atoms with Crippen molar-refractivity contribution in [2.45, 2.75) is 26.4 Å². The van der Waals surface area contributed by atoms with Crippen LogP contribution in [0.1, 0.15) is 20.8 Å². The maximum atomic E-state index is 12.3. The molecule has 0 aliphatic carbocycles. The van der Waals surface area contributed by atoms with Crippen molar-refractivity contribution < 1.29 is 14.3 Å². The third kappa shape index (κ3) is 5.78. The number of aromatic nitrogens is 4. The van der Waals surface area contributed by atoms with Crippen LogP contribution in [0, 0.1) is 6.57 Å². The van der Waals surface area contributed by atoms with Gasteiger partial charge in [-0.15, -0.1) is 4.98 Å². The first-order valence-electron chi connectivity index (χ1n) is 11.2. The van der Waals surface area contributed by atoms with Crippen LogP contribution in [0.2, 0.25) is 0 Å². The Labute approximate surface area is 203 Å². The second kappa shape index (κ2) is 9.89. The molecular formula is C24H28N8O3. The zero-order valence-corrected chi connectivity index (χ0v) is 20.2. The predicted molar refractivity (Wildman–Crippen MR) is 132 cm³/mol. The third-order valence-corrected chi connectivity index (χ3v) is 5.36. The van der Waals surface area contributed by atoms with Crippen molar-refractivity contribution in [2.75, 3.05) is 43.5 Å². The molecule has 2 N–H and O–H groups in total. The first-order valence-corrected chi connectivity index (χ1v) is 11.2. The fraction of sp³-hybridized carbons (Fsp3) is 0.375. The SMILES string of the molecule is [C-]#[N+]c1cnc(Nc2cc(-c3ccc(N4CCN(C(=O)OC(C)(C)C)CC4)cc3OC)[nH]n2)cn1. The molecule has 1 aromatic carbocycles. The molecule has 35 heavy (non-hydrogen) atoms. The van der Waals surface area contributed by atoms with Gasteiger partial charge in [0.25, 0.3) is 5.82 Å². The van der Waals surface area contributed by atoms with Gasteiger partial charge in [-0.3, -0.25) is 5.10 Å². The van der Waals surface area contributed by atoms with Crippen LogP contribution in [0.5, 0.6) is 5.75 Å². The lowest BCUT2D eigenvalue weighted by Crippen LogP contribution is -2.50. The highest BCUT2D eigenvalue weighted by Crippen LogP contribution is 2.34. The van der Waals surface area contributed by atoms with Crippen LogP contribution in [-0.2, 0) is 4.74 Å². The van der Waals surface area contributed by atoms with Gasteiger partial charge >= 0.3 is 6.09 Å². The van der Waals surface area contributed by atoms with E-state index < -0.39 is 5.60 Å². The molecular weight excluding hydrogens is 448 g/mol. The maximum absolute atomic E-state index is 12.3. The van der Waals surface area contributed by atoms with E-state index in [0.29, 0.717) is 43.6 Å². The Morgan fingerprint density at radius 1 is 1.11 bits per heavy atom. The standard InChI is InChI=1S/C24H28N8O3/c1-24(2,3)35-23(33)32-10-8-31(9-11-32)16-6-7-17(19(12-16)34-5)18-13-20(30-29-18)28-22-15-26-21(25-4)14-27-22/h6-7,12-15H,8-11H2,1-3,5H3,(H2,27,28,29,30). The van der Waals surface area contributed by atoms with E-state index in [4.69, 9.17) is 16.0 Å². The van der Waals surface area contributed by atoms with Gasteiger partial charge in [0, 0.05) is 49.6 Å². The van der Waals surface area contributed by atoms with Crippen molar-refractivity contribution in [1.82, 2.24) is 25.1 Å². The zero-order valence-electron chi connectivity index (χ0n) is 20.2. The normalized spacial score (nSPS) is 13.8. The van der Waals surface area contributed by atoms with Gasteiger partial charge in [-0.05, 0) is 32.9 Å². The fourth-order valence-corrected chi connectivity index (χ4v) is 3.67. The molecule has 3 heterocycles. The molecule has 11 heteroatoms. The zero-order chi connectivity index (χ0) is 25.0. The molecule has 0 radical (unpaired) electrons. The van der Waals surface area contributed by atoms with Crippen molar-refractivity contribution in [3.05, 3.63) is 48.1 Å². The van der Waals surface area contributed by atoms with Crippen LogP contribution in [0.4, 0.5) is 27.9 Å². The molecule has 2 aromatic heterocycles. The number of nitrogens with one attached hydrogen (secondary N) is 2. The summed E-state index contributed by atoms with van der Waals surface area (Å²) in [5, 5.41) is 10.4. The van der Waals surface area contributed by atoms with Gasteiger partial charge in [-0.2, -0.15) is 5.10 Å². The number of amides is 1. The second-order valence-electron chi connectivity index (χ2n) is 9.00. The molecule has 0 atom stereocenters. The summed E-state index contributed by atoms with van der Waals surface area (Å²) in [5.41, 5.74) is 2.15. The maximum Gasteiger partial charge on any atom is 0.410 e. The average Bonchev–Trinajstić information content (AvgIpc) is 3.31. The molecule has 1 aliphatic rings. The Morgan fingerprint density at radius 3 is 2.51 bits per heavy atom. The second-order valence-corrected chi connectivity index (χ2v) is 9.00. The van der Waals surface area contributed by atoms with Gasteiger partial charge in [-0.25, -0.2) is 9.78 Å². The van der Waals surface area contributed by atoms with E-state index in [1.807, 2.05) is 45.0 Å². The first kappa shape index (κ1) is 23.8. The Bertz CT molecular complexity index is 1220. The number of carbonyl (C=O) groups is 1. The van der Waals surface area contributed by atoms with Crippen molar-refractivity contribution in [1.29, 1.82) is 0 Å². The topological polar surface area (TPSA) is 113 Å². The number of H-pyrrole nitrogens is 1. The Morgan fingerprint density at radius 2 is 1.89 bits per heavy atom. The van der Waals surface area contributed by atoms with Crippen LogP contribution in [-0.4, -0.2) is 70.0 Å². The molecule has 1 saturated heterocycles. The smallest absolute Gasteiger partial charge is 0.410 e. The minimum absolute atomic E-state index is 0.231. The lowest BCUT2D eigenvalue weighted by Gasteiger charge is -2.37. The van der Waals surface area contributed by atoms with E-state index in [1.54, 1.807) is 12.0 Å². The predicted octanol–water partition coefficient (Wildman–Crippen LogP) is 4.23. The van der Waals surface area contributed by atoms with Gasteiger partial charge < -0.3 is 29.4 Å². The number of methoxy groups -OCH3 is 1. The largest absolute Gasteiger partial charge is 0.496 e. The quantitative estimate of drug-likeness (QED) is 0.526. The summed E-state index contributed by atoms with van der Waals surface area (Å²) >= 11 is 0. The number of hydrogen-bond acceptors (Lipinski definition) is 8. The Balaban J connectivity index is 1.43. The third-order valence-electron chi connectivity index (χ3n) is 5.36. The number of carbonyl (C=O) groups excluding carboxylic acids is 1. The monoisotopic (exact) mass is 476 g/mol. The molecule has 1 amide bonds. The molecule has 1 fully saturated rings. The number of anilines is 3. The molecule has 11 nitrogen and oxygen atoms in total. The van der Waals surface area contributed by atoms with Crippen molar-refractivity contribution >= 4 is 29.2 Å². The van der Waals surface area contributed by atoms with E-state index in [0.717, 1.165) is 16.9 Å². The van der Waals surface area contributed by atoms with Crippen LogP contribution in [0.25, 0.3) is 16.1 Å². The van der Waals surface area contributed by atoms with Gasteiger partial charge in [0.05, 0.1) is 19.0 Å². The van der Waals surface area contributed by atoms with Gasteiger partial charge in [0.2, 0.25) is 0 Å². The van der Waals surface area contributed by atoms with Crippen LogP contribution in [0.3, 0.4) is 0 Å². The summed E-state index contributed by atoms with van der Waals surface area (Å²) in [6, 6.07) is 7.85. The first-order chi connectivity index (χ1) is 16.8. The number of hydrogen-bond donors (Lipinski definition) is 2. The molecule has 0 saturated carbocycles. The highest BCUT2D eigenvalue weighted by molar-refractivity contribution is 5.74. The molecule has 4 rings (SSSR count). The lowest BCUT2D eigenvalue weighted by molar-refractivity contribution is 0.0240. The molecule has 0 spiro atoms. The van der Waals surface area contributed by atoms with Gasteiger partial charge in [-0.1, -0.05) is 6.57 Å². The van der Waals surface area contributed by atoms with E-state index >= 15 is 0 Å². The summed E-state index contributed by atoms with van der Waals surface area (Å²) in [7, 11) is 1.63. The highest BCUT2D eigenvalue weighted by atomic mass is 16.6. The number of aromatic amines is 1. The van der Waals surface area contributed by atoms with Crippen molar-refractivity contribution in [2.24, 2.45) is 0 Å². The van der Waals surface area contributed by atoms with Crippen LogP contribution in [0.15, 0.2) is 36.7 Å². The average molecular weight is 477 g/mol. The summed E-state index contributed by atoms with van der Waals surface area (Å²) < 4.78 is 11.2. The van der Waals surface area contributed by atoms with Crippen molar-refractivity contribution in [3.8, 4) is 17.0 Å². The summed E-state index contributed by atoms with van der Waals surface area (Å²) in [6.07, 6.45) is 2.61. The van der Waals surface area contributed by atoms with E-state index in [-0.39, 0.29) is 11.9 Å². The van der Waals surface area contributed by atoms with Gasteiger partial charge in [0.1, 0.15) is 11.4 Å². The minimum Gasteiger partial charge on any atom is -0.496 e. The molecule has 1 aliphatic heterocycles. The van der Waals surface area contributed by atoms with Crippen molar-refractivity contribution in [3.63, 3.8) is 0 Å². The van der Waals surface area contributed by atoms with E-state index in [1.165, 1.54) is 12.4 Å². The van der Waals surface area contributed by atoms with Crippen LogP contribution < -0.4 is 15.0 Å². The van der Waals surface area contributed by atoms with E-state index in [2.05, 4.69) is 35.2 Å². The number of benzene rings is 1. The fourth-order valence-electron chi connectivity index (χ4n) is 3.67. The van der Waals surface area contributed by atoms with Crippen LogP contribution >= 0.6 is 0 Å².